The minimum absolute atomic E-state index is 0.114. The largest absolute Gasteiger partial charge is 0.322 e. The van der Waals surface area contributed by atoms with Crippen LogP contribution in [0.3, 0.4) is 0 Å². The van der Waals surface area contributed by atoms with Crippen molar-refractivity contribution in [2.75, 3.05) is 5.32 Å². The van der Waals surface area contributed by atoms with E-state index in [0.29, 0.717) is 6.42 Å². The van der Waals surface area contributed by atoms with Gasteiger partial charge in [-0.3, -0.25) is 14.9 Å². The van der Waals surface area contributed by atoms with E-state index in [-0.39, 0.29) is 11.4 Å². The third kappa shape index (κ3) is 3.49. The number of carbonyl (C=O) groups is 1. The molecular formula is C11H14FN3O3. The van der Waals surface area contributed by atoms with Gasteiger partial charge in [-0.15, -0.1) is 0 Å². The van der Waals surface area contributed by atoms with Crippen LogP contribution in [-0.4, -0.2) is 16.9 Å². The molecule has 0 aliphatic carbocycles. The number of halogens is 1. The van der Waals surface area contributed by atoms with Gasteiger partial charge in [0.1, 0.15) is 0 Å². The molecule has 0 aliphatic heterocycles. The first kappa shape index (κ1) is 14.0. The van der Waals surface area contributed by atoms with Crippen molar-refractivity contribution in [3.63, 3.8) is 0 Å². The van der Waals surface area contributed by atoms with Gasteiger partial charge in [0.2, 0.25) is 5.91 Å². The molecule has 0 fully saturated rings. The molecule has 7 heteroatoms. The Hall–Kier alpha value is -2.02. The smallest absolute Gasteiger partial charge is 0.272 e. The second-order valence-electron chi connectivity index (χ2n) is 3.81. The fourth-order valence-electron chi connectivity index (χ4n) is 1.39. The van der Waals surface area contributed by atoms with Gasteiger partial charge in [-0.25, -0.2) is 4.39 Å². The van der Waals surface area contributed by atoms with Crippen LogP contribution in [0, 0.1) is 15.9 Å². The normalized spacial score (nSPS) is 11.9. The van der Waals surface area contributed by atoms with Gasteiger partial charge < -0.3 is 11.1 Å². The number of nitrogens with zero attached hydrogens (tertiary/aromatic N) is 1. The van der Waals surface area contributed by atoms with Crippen LogP contribution in [0.5, 0.6) is 0 Å². The molecule has 1 aromatic carbocycles. The van der Waals surface area contributed by atoms with Gasteiger partial charge in [-0.05, 0) is 12.5 Å². The van der Waals surface area contributed by atoms with Crippen LogP contribution < -0.4 is 11.1 Å². The van der Waals surface area contributed by atoms with Crippen molar-refractivity contribution in [2.24, 2.45) is 5.73 Å². The fourth-order valence-corrected chi connectivity index (χ4v) is 1.39. The van der Waals surface area contributed by atoms with Gasteiger partial charge in [0.25, 0.3) is 5.69 Å². The summed E-state index contributed by atoms with van der Waals surface area (Å²) in [5.41, 5.74) is 5.08. The Kier molecular flexibility index (Phi) is 4.73. The summed E-state index contributed by atoms with van der Waals surface area (Å²) in [6, 6.07) is 2.29. The number of nitrogens with two attached hydrogens (primary N) is 1. The van der Waals surface area contributed by atoms with Crippen molar-refractivity contribution in [2.45, 2.75) is 25.8 Å². The molecule has 6 nitrogen and oxygen atoms in total. The third-order valence-electron chi connectivity index (χ3n) is 2.36. The number of hydrogen-bond donors (Lipinski definition) is 2. The number of carbonyl (C=O) groups excluding carboxylic acids is 1. The monoisotopic (exact) mass is 255 g/mol. The molecule has 0 spiro atoms. The number of nitro groups is 1. The highest BCUT2D eigenvalue weighted by molar-refractivity contribution is 5.94. The average molecular weight is 255 g/mol. The number of nitrogens with one attached hydrogen (secondary N) is 1. The van der Waals surface area contributed by atoms with E-state index < -0.39 is 22.7 Å². The van der Waals surface area contributed by atoms with Crippen molar-refractivity contribution >= 4 is 17.3 Å². The minimum Gasteiger partial charge on any atom is -0.322 e. The molecular weight excluding hydrogens is 241 g/mol. The minimum atomic E-state index is -0.860. The van der Waals surface area contributed by atoms with Crippen molar-refractivity contribution in [1.29, 1.82) is 0 Å². The Morgan fingerprint density at radius 3 is 2.78 bits per heavy atom. The van der Waals surface area contributed by atoms with Crippen LogP contribution >= 0.6 is 0 Å². The molecule has 98 valence electrons. The predicted molar refractivity (Wildman–Crippen MR) is 64.6 cm³/mol. The maximum absolute atomic E-state index is 13.5. The van der Waals surface area contributed by atoms with Crippen molar-refractivity contribution in [1.82, 2.24) is 0 Å². The number of hydrogen-bond acceptors (Lipinski definition) is 4. The molecule has 0 unspecified atom stereocenters. The maximum atomic E-state index is 13.5. The van der Waals surface area contributed by atoms with E-state index in [1.54, 1.807) is 0 Å². The second kappa shape index (κ2) is 6.06. The number of anilines is 1. The van der Waals surface area contributed by atoms with Crippen LogP contribution in [0.15, 0.2) is 18.2 Å². The molecule has 3 N–H and O–H groups in total. The zero-order chi connectivity index (χ0) is 13.7. The first-order valence-electron chi connectivity index (χ1n) is 5.46. The Morgan fingerprint density at radius 2 is 2.28 bits per heavy atom. The number of benzene rings is 1. The van der Waals surface area contributed by atoms with Crippen molar-refractivity contribution in [3.05, 3.63) is 34.1 Å². The van der Waals surface area contributed by atoms with E-state index in [1.165, 1.54) is 0 Å². The highest BCUT2D eigenvalue weighted by atomic mass is 19.1. The summed E-state index contributed by atoms with van der Waals surface area (Å²) in [6.07, 6.45) is 1.22. The molecule has 0 aliphatic rings. The molecule has 1 amide bonds. The zero-order valence-corrected chi connectivity index (χ0v) is 9.85. The summed E-state index contributed by atoms with van der Waals surface area (Å²) in [4.78, 5) is 21.2. The van der Waals surface area contributed by atoms with Crippen LogP contribution in [0.4, 0.5) is 15.8 Å². The van der Waals surface area contributed by atoms with Gasteiger partial charge in [-0.2, -0.15) is 0 Å². The predicted octanol–water partition coefficient (Wildman–Crippen LogP) is 1.80. The number of non-ortho nitro benzene ring substituents is 1. The SMILES string of the molecule is CCC[C@H](N)C(=O)Nc1ccc([N+](=O)[O-])cc1F. The standard InChI is InChI=1S/C11H14FN3O3/c1-2-3-9(13)11(16)14-10-5-4-7(15(17)18)6-8(10)12/h4-6,9H,2-3,13H2,1H3,(H,14,16)/t9-/m0/s1. The van der Waals surface area contributed by atoms with E-state index >= 15 is 0 Å². The van der Waals surface area contributed by atoms with Crippen LogP contribution in [0.1, 0.15) is 19.8 Å². The van der Waals surface area contributed by atoms with E-state index in [0.717, 1.165) is 24.6 Å². The Morgan fingerprint density at radius 1 is 1.61 bits per heavy atom. The van der Waals surface area contributed by atoms with Gasteiger partial charge in [-0.1, -0.05) is 13.3 Å². The molecule has 1 rings (SSSR count). The molecule has 0 heterocycles. The van der Waals surface area contributed by atoms with E-state index in [4.69, 9.17) is 5.73 Å². The van der Waals surface area contributed by atoms with E-state index in [1.807, 2.05) is 6.92 Å². The summed E-state index contributed by atoms with van der Waals surface area (Å²) < 4.78 is 13.5. The second-order valence-corrected chi connectivity index (χ2v) is 3.81. The van der Waals surface area contributed by atoms with Crippen molar-refractivity contribution in [3.8, 4) is 0 Å². The molecule has 1 atom stereocenters. The van der Waals surface area contributed by atoms with Gasteiger partial charge in [0.05, 0.1) is 22.7 Å². The first-order valence-corrected chi connectivity index (χ1v) is 5.46. The zero-order valence-electron chi connectivity index (χ0n) is 9.85. The van der Waals surface area contributed by atoms with Crippen LogP contribution in [-0.2, 0) is 4.79 Å². The topological polar surface area (TPSA) is 98.3 Å². The van der Waals surface area contributed by atoms with Gasteiger partial charge in [0.15, 0.2) is 5.82 Å². The lowest BCUT2D eigenvalue weighted by Gasteiger charge is -2.11. The maximum Gasteiger partial charge on any atom is 0.272 e. The summed E-state index contributed by atoms with van der Waals surface area (Å²) in [5, 5.41) is 12.7. The van der Waals surface area contributed by atoms with Gasteiger partial charge in [0, 0.05) is 6.07 Å². The fraction of sp³-hybridized carbons (Fsp3) is 0.364. The lowest BCUT2D eigenvalue weighted by atomic mass is 10.1. The lowest BCUT2D eigenvalue weighted by molar-refractivity contribution is -0.385. The number of nitro benzene ring substituents is 1. The number of amides is 1. The Labute approximate surface area is 103 Å². The molecule has 0 saturated heterocycles. The van der Waals surface area contributed by atoms with Crippen LogP contribution in [0.2, 0.25) is 0 Å². The Balaban J connectivity index is 2.79. The quantitative estimate of drug-likeness (QED) is 0.619. The molecule has 0 radical (unpaired) electrons. The summed E-state index contributed by atoms with van der Waals surface area (Å²) in [6.45, 7) is 1.87. The molecule has 0 saturated carbocycles. The average Bonchev–Trinajstić information content (AvgIpc) is 2.31. The summed E-state index contributed by atoms with van der Waals surface area (Å²) >= 11 is 0. The van der Waals surface area contributed by atoms with Crippen molar-refractivity contribution < 1.29 is 14.1 Å². The van der Waals surface area contributed by atoms with E-state index in [2.05, 4.69) is 5.32 Å². The third-order valence-corrected chi connectivity index (χ3v) is 2.36. The highest BCUT2D eigenvalue weighted by Crippen LogP contribution is 2.20. The number of rotatable bonds is 5. The van der Waals surface area contributed by atoms with Gasteiger partial charge >= 0.3 is 0 Å². The molecule has 0 bridgehead atoms. The first-order chi connectivity index (χ1) is 8.45. The summed E-state index contributed by atoms with van der Waals surface area (Å²) in [5.74, 6) is -1.37. The Bertz CT molecular complexity index is 465. The molecule has 0 aromatic heterocycles. The molecule has 1 aromatic rings. The lowest BCUT2D eigenvalue weighted by Crippen LogP contribution is -2.35. The summed E-state index contributed by atoms with van der Waals surface area (Å²) in [7, 11) is 0. The van der Waals surface area contributed by atoms with E-state index in [9.17, 15) is 19.3 Å². The molecule has 18 heavy (non-hydrogen) atoms. The highest BCUT2D eigenvalue weighted by Gasteiger charge is 2.16. The van der Waals surface area contributed by atoms with Crippen LogP contribution in [0.25, 0.3) is 0 Å².